The molecular weight excluding hydrogens is 324 g/mol. The smallest absolute Gasteiger partial charge is 0.163 e. The molecule has 1 atom stereocenters. The predicted molar refractivity (Wildman–Crippen MR) is 106 cm³/mol. The number of aryl methyl sites for hydroxylation is 1. The van der Waals surface area contributed by atoms with Crippen molar-refractivity contribution in [2.75, 3.05) is 0 Å². The van der Waals surface area contributed by atoms with E-state index in [1.54, 1.807) is 18.7 Å². The Kier molecular flexibility index (Phi) is 8.84. The summed E-state index contributed by atoms with van der Waals surface area (Å²) in [4.78, 5) is 8.76. The fraction of sp³-hybridized carbons (Fsp3) is 0.455. The Morgan fingerprint density at radius 3 is 2.46 bits per heavy atom. The molecule has 0 fully saturated rings. The topological polar surface area (TPSA) is 55.2 Å². The van der Waals surface area contributed by atoms with Crippen LogP contribution < -0.4 is 4.74 Å². The molecule has 0 saturated carbocycles. The Hall–Kier alpha value is -2.20. The summed E-state index contributed by atoms with van der Waals surface area (Å²) in [5, 5.41) is 9.36. The van der Waals surface area contributed by atoms with Crippen molar-refractivity contribution >= 4 is 0 Å². The van der Waals surface area contributed by atoms with Gasteiger partial charge in [0.2, 0.25) is 0 Å². The van der Waals surface area contributed by atoms with Gasteiger partial charge in [0.05, 0.1) is 24.8 Å². The Balaban J connectivity index is 1.82. The van der Waals surface area contributed by atoms with Gasteiger partial charge in [-0.05, 0) is 44.2 Å². The van der Waals surface area contributed by atoms with E-state index >= 15 is 0 Å². The summed E-state index contributed by atoms with van der Waals surface area (Å²) in [5.74, 6) is 1.33. The Bertz CT molecular complexity index is 649. The highest BCUT2D eigenvalue weighted by Crippen LogP contribution is 2.18. The second-order valence-corrected chi connectivity index (χ2v) is 6.67. The number of nitrogens with zero attached hydrogens (tertiary/aromatic N) is 2. The zero-order valence-electron chi connectivity index (χ0n) is 15.9. The van der Waals surface area contributed by atoms with Crippen LogP contribution in [0.2, 0.25) is 0 Å². The number of ether oxygens (including phenoxy) is 1. The lowest BCUT2D eigenvalue weighted by Crippen LogP contribution is -2.01. The molecule has 1 N–H and O–H groups in total. The SMILES string of the molecule is CCCCCC/C=C\Oc1cnc(-c2ccc(CCC(C)O)cc2)nc1. The molecular formula is C22H30N2O2. The Labute approximate surface area is 157 Å². The third-order valence-electron chi connectivity index (χ3n) is 4.22. The molecule has 0 radical (unpaired) electrons. The molecule has 4 nitrogen and oxygen atoms in total. The van der Waals surface area contributed by atoms with Crippen LogP contribution in [0, 0.1) is 0 Å². The zero-order valence-corrected chi connectivity index (χ0v) is 15.9. The lowest BCUT2D eigenvalue weighted by Gasteiger charge is -2.06. The van der Waals surface area contributed by atoms with E-state index in [2.05, 4.69) is 35.1 Å². The molecule has 2 aromatic rings. The van der Waals surface area contributed by atoms with Crippen LogP contribution in [-0.2, 0) is 6.42 Å². The summed E-state index contributed by atoms with van der Waals surface area (Å²) in [6, 6.07) is 8.16. The first-order chi connectivity index (χ1) is 12.7. The highest BCUT2D eigenvalue weighted by atomic mass is 16.5. The number of aromatic nitrogens is 2. The standard InChI is InChI=1S/C22H30N2O2/c1-3-4-5-6-7-8-15-26-21-16-23-22(24-17-21)20-13-11-19(12-14-20)10-9-18(2)25/h8,11-18,25H,3-7,9-10H2,1-2H3/b15-8-. The molecule has 0 aliphatic heterocycles. The van der Waals surface area contributed by atoms with Crippen molar-refractivity contribution < 1.29 is 9.84 Å². The molecule has 0 bridgehead atoms. The van der Waals surface area contributed by atoms with Crippen LogP contribution in [0.1, 0.15) is 57.9 Å². The van der Waals surface area contributed by atoms with Crippen LogP contribution in [0.25, 0.3) is 11.4 Å². The molecule has 1 heterocycles. The van der Waals surface area contributed by atoms with Crippen molar-refractivity contribution in [1.82, 2.24) is 9.97 Å². The number of unbranched alkanes of at least 4 members (excludes halogenated alkanes) is 4. The molecule has 0 spiro atoms. The molecule has 1 aromatic heterocycles. The van der Waals surface area contributed by atoms with E-state index in [9.17, 15) is 5.11 Å². The molecule has 1 aromatic carbocycles. The van der Waals surface area contributed by atoms with Crippen molar-refractivity contribution in [3.63, 3.8) is 0 Å². The van der Waals surface area contributed by atoms with E-state index in [1.165, 1.54) is 31.2 Å². The second kappa shape index (κ2) is 11.4. The normalized spacial score (nSPS) is 12.4. The summed E-state index contributed by atoms with van der Waals surface area (Å²) in [6.45, 7) is 4.03. The van der Waals surface area contributed by atoms with Crippen molar-refractivity contribution in [3.05, 3.63) is 54.6 Å². The minimum Gasteiger partial charge on any atom is -0.462 e. The molecule has 26 heavy (non-hydrogen) atoms. The van der Waals surface area contributed by atoms with Crippen LogP contribution in [0.3, 0.4) is 0 Å². The number of hydrogen-bond donors (Lipinski definition) is 1. The van der Waals surface area contributed by atoms with E-state index in [0.717, 1.165) is 24.8 Å². The zero-order chi connectivity index (χ0) is 18.6. The highest BCUT2D eigenvalue weighted by molar-refractivity contribution is 5.55. The van der Waals surface area contributed by atoms with Gasteiger partial charge in [0.25, 0.3) is 0 Å². The summed E-state index contributed by atoms with van der Waals surface area (Å²) in [7, 11) is 0. The first-order valence-electron chi connectivity index (χ1n) is 9.60. The van der Waals surface area contributed by atoms with E-state index in [1.807, 2.05) is 19.1 Å². The molecule has 0 amide bonds. The second-order valence-electron chi connectivity index (χ2n) is 6.67. The average molecular weight is 354 g/mol. The molecule has 4 heteroatoms. The van der Waals surface area contributed by atoms with Crippen molar-refractivity contribution in [2.45, 2.75) is 64.9 Å². The van der Waals surface area contributed by atoms with E-state index in [-0.39, 0.29) is 6.10 Å². The fourth-order valence-electron chi connectivity index (χ4n) is 2.61. The minimum atomic E-state index is -0.268. The van der Waals surface area contributed by atoms with Crippen molar-refractivity contribution in [2.24, 2.45) is 0 Å². The first kappa shape index (κ1) is 20.1. The summed E-state index contributed by atoms with van der Waals surface area (Å²) in [6.07, 6.45) is 14.6. The van der Waals surface area contributed by atoms with Crippen LogP contribution in [0.5, 0.6) is 5.75 Å². The third kappa shape index (κ3) is 7.36. The van der Waals surface area contributed by atoms with Gasteiger partial charge in [-0.2, -0.15) is 0 Å². The number of hydrogen-bond acceptors (Lipinski definition) is 4. The quantitative estimate of drug-likeness (QED) is 0.438. The van der Waals surface area contributed by atoms with Crippen molar-refractivity contribution in [3.8, 4) is 17.1 Å². The maximum Gasteiger partial charge on any atom is 0.163 e. The lowest BCUT2D eigenvalue weighted by atomic mass is 10.1. The summed E-state index contributed by atoms with van der Waals surface area (Å²) >= 11 is 0. The number of aliphatic hydroxyl groups excluding tert-OH is 1. The number of rotatable bonds is 11. The average Bonchev–Trinajstić information content (AvgIpc) is 2.66. The van der Waals surface area contributed by atoms with Gasteiger partial charge < -0.3 is 9.84 Å². The Morgan fingerprint density at radius 1 is 1.08 bits per heavy atom. The molecule has 0 saturated heterocycles. The maximum absolute atomic E-state index is 9.36. The largest absolute Gasteiger partial charge is 0.462 e. The van der Waals surface area contributed by atoms with E-state index < -0.39 is 0 Å². The van der Waals surface area contributed by atoms with E-state index in [4.69, 9.17) is 4.74 Å². The van der Waals surface area contributed by atoms with Gasteiger partial charge in [-0.3, -0.25) is 0 Å². The van der Waals surface area contributed by atoms with Crippen molar-refractivity contribution in [1.29, 1.82) is 0 Å². The number of benzene rings is 1. The van der Waals surface area contributed by atoms with Crippen LogP contribution in [-0.4, -0.2) is 21.2 Å². The third-order valence-corrected chi connectivity index (χ3v) is 4.22. The van der Waals surface area contributed by atoms with Crippen LogP contribution in [0.4, 0.5) is 0 Å². The van der Waals surface area contributed by atoms with Gasteiger partial charge in [0, 0.05) is 5.56 Å². The Morgan fingerprint density at radius 2 is 1.81 bits per heavy atom. The van der Waals surface area contributed by atoms with Crippen LogP contribution in [0.15, 0.2) is 49.0 Å². The highest BCUT2D eigenvalue weighted by Gasteiger charge is 2.03. The molecule has 2 rings (SSSR count). The first-order valence-corrected chi connectivity index (χ1v) is 9.60. The molecule has 0 aliphatic rings. The molecule has 0 aliphatic carbocycles. The van der Waals surface area contributed by atoms with Crippen LogP contribution >= 0.6 is 0 Å². The molecule has 1 unspecified atom stereocenters. The molecule has 140 valence electrons. The van der Waals surface area contributed by atoms with Gasteiger partial charge in [0.1, 0.15) is 0 Å². The summed E-state index contributed by atoms with van der Waals surface area (Å²) < 4.78 is 5.55. The monoisotopic (exact) mass is 354 g/mol. The van der Waals surface area contributed by atoms with Gasteiger partial charge in [-0.25, -0.2) is 9.97 Å². The maximum atomic E-state index is 9.36. The van der Waals surface area contributed by atoms with Gasteiger partial charge >= 0.3 is 0 Å². The predicted octanol–water partition coefficient (Wildman–Crippen LogP) is 5.32. The fourth-order valence-corrected chi connectivity index (χ4v) is 2.61. The summed E-state index contributed by atoms with van der Waals surface area (Å²) in [5.41, 5.74) is 2.18. The number of allylic oxidation sites excluding steroid dienone is 1. The number of aliphatic hydroxyl groups is 1. The van der Waals surface area contributed by atoms with E-state index in [0.29, 0.717) is 11.6 Å². The lowest BCUT2D eigenvalue weighted by molar-refractivity contribution is 0.185. The van der Waals surface area contributed by atoms with Gasteiger partial charge in [-0.1, -0.05) is 50.5 Å². The minimum absolute atomic E-state index is 0.268. The van der Waals surface area contributed by atoms with Gasteiger partial charge in [-0.15, -0.1) is 0 Å². The van der Waals surface area contributed by atoms with Gasteiger partial charge in [0.15, 0.2) is 11.6 Å².